The molecule has 98 valence electrons. The Morgan fingerprint density at radius 2 is 1.94 bits per heavy atom. The fraction of sp³-hybridized carbons (Fsp3) is 0.625. The summed E-state index contributed by atoms with van der Waals surface area (Å²) in [4.78, 5) is 0. The second kappa shape index (κ2) is 5.85. The summed E-state index contributed by atoms with van der Waals surface area (Å²) in [6.45, 7) is 3.14. The molecule has 18 heavy (non-hydrogen) atoms. The lowest BCUT2D eigenvalue weighted by atomic mass is 10.0. The zero-order valence-electron chi connectivity index (χ0n) is 11.0. The van der Waals surface area contributed by atoms with Crippen LogP contribution in [-0.2, 0) is 17.6 Å². The van der Waals surface area contributed by atoms with Gasteiger partial charge in [0.15, 0.2) is 0 Å². The summed E-state index contributed by atoms with van der Waals surface area (Å²) in [6.07, 6.45) is 6.31. The van der Waals surface area contributed by atoms with Crippen molar-refractivity contribution in [2.24, 2.45) is 5.92 Å². The molecule has 1 aromatic carbocycles. The fourth-order valence-corrected chi connectivity index (χ4v) is 3.21. The Morgan fingerprint density at radius 1 is 1.17 bits per heavy atom. The molecule has 0 bridgehead atoms. The van der Waals surface area contributed by atoms with Gasteiger partial charge in [-0.1, -0.05) is 24.3 Å². The van der Waals surface area contributed by atoms with E-state index in [1.807, 2.05) is 0 Å². The van der Waals surface area contributed by atoms with E-state index in [-0.39, 0.29) is 0 Å². The van der Waals surface area contributed by atoms with Crippen molar-refractivity contribution >= 4 is 0 Å². The SMILES string of the molecule is c1ccc2c(c1)CC(NCCCC1CCOC1)C2. The van der Waals surface area contributed by atoms with Gasteiger partial charge in [-0.2, -0.15) is 0 Å². The Morgan fingerprint density at radius 3 is 2.61 bits per heavy atom. The Bertz CT molecular complexity index is 359. The lowest BCUT2D eigenvalue weighted by molar-refractivity contribution is 0.183. The van der Waals surface area contributed by atoms with Gasteiger partial charge in [0.1, 0.15) is 0 Å². The van der Waals surface area contributed by atoms with Crippen LogP contribution in [0.5, 0.6) is 0 Å². The van der Waals surface area contributed by atoms with Gasteiger partial charge in [-0.3, -0.25) is 0 Å². The quantitative estimate of drug-likeness (QED) is 0.805. The standard InChI is InChI=1S/C16H23NO/c1-2-6-15-11-16(10-14(15)5-1)17-8-3-4-13-7-9-18-12-13/h1-2,5-6,13,16-17H,3-4,7-12H2. The van der Waals surface area contributed by atoms with Crippen molar-refractivity contribution in [3.63, 3.8) is 0 Å². The van der Waals surface area contributed by atoms with Crippen LogP contribution in [0.4, 0.5) is 0 Å². The number of hydrogen-bond acceptors (Lipinski definition) is 2. The molecule has 0 spiro atoms. The molecular formula is C16H23NO. The van der Waals surface area contributed by atoms with Crippen molar-refractivity contribution in [3.8, 4) is 0 Å². The van der Waals surface area contributed by atoms with Crippen LogP contribution in [-0.4, -0.2) is 25.8 Å². The van der Waals surface area contributed by atoms with Gasteiger partial charge < -0.3 is 10.1 Å². The van der Waals surface area contributed by atoms with Gasteiger partial charge in [-0.05, 0) is 55.7 Å². The molecule has 1 heterocycles. The number of benzene rings is 1. The first-order chi connectivity index (χ1) is 8.92. The summed E-state index contributed by atoms with van der Waals surface area (Å²) in [5, 5.41) is 3.71. The summed E-state index contributed by atoms with van der Waals surface area (Å²) < 4.78 is 5.41. The van der Waals surface area contributed by atoms with Crippen molar-refractivity contribution in [2.75, 3.05) is 19.8 Å². The summed E-state index contributed by atoms with van der Waals surface area (Å²) in [5.41, 5.74) is 3.08. The molecule has 0 radical (unpaired) electrons. The van der Waals surface area contributed by atoms with E-state index in [1.165, 1.54) is 32.1 Å². The topological polar surface area (TPSA) is 21.3 Å². The fourth-order valence-electron chi connectivity index (χ4n) is 3.21. The second-order valence-electron chi connectivity index (χ2n) is 5.70. The van der Waals surface area contributed by atoms with E-state index in [9.17, 15) is 0 Å². The van der Waals surface area contributed by atoms with E-state index in [0.29, 0.717) is 6.04 Å². The van der Waals surface area contributed by atoms with Crippen LogP contribution in [0, 0.1) is 5.92 Å². The first kappa shape index (κ1) is 12.2. The van der Waals surface area contributed by atoms with Gasteiger partial charge in [-0.25, -0.2) is 0 Å². The van der Waals surface area contributed by atoms with E-state index >= 15 is 0 Å². The largest absolute Gasteiger partial charge is 0.381 e. The van der Waals surface area contributed by atoms with Gasteiger partial charge in [0.05, 0.1) is 0 Å². The molecular weight excluding hydrogens is 222 g/mol. The van der Waals surface area contributed by atoms with E-state index in [4.69, 9.17) is 4.74 Å². The van der Waals surface area contributed by atoms with E-state index in [2.05, 4.69) is 29.6 Å². The molecule has 3 rings (SSSR count). The van der Waals surface area contributed by atoms with Gasteiger partial charge in [0.2, 0.25) is 0 Å². The molecule has 1 aliphatic carbocycles. The Hall–Kier alpha value is -0.860. The predicted molar refractivity (Wildman–Crippen MR) is 73.8 cm³/mol. The molecule has 2 aliphatic rings. The number of fused-ring (bicyclic) bond motifs is 1. The molecule has 1 unspecified atom stereocenters. The third-order valence-corrected chi connectivity index (χ3v) is 4.30. The van der Waals surface area contributed by atoms with Crippen LogP contribution in [0.15, 0.2) is 24.3 Å². The maximum absolute atomic E-state index is 5.41. The maximum atomic E-state index is 5.41. The first-order valence-electron chi connectivity index (χ1n) is 7.30. The lowest BCUT2D eigenvalue weighted by Crippen LogP contribution is -2.30. The maximum Gasteiger partial charge on any atom is 0.0495 e. The van der Waals surface area contributed by atoms with Crippen molar-refractivity contribution in [2.45, 2.75) is 38.1 Å². The molecule has 0 aromatic heterocycles. The summed E-state index contributed by atoms with van der Waals surface area (Å²) in [5.74, 6) is 0.826. The normalized spacial score (nSPS) is 23.4. The van der Waals surface area contributed by atoms with Crippen LogP contribution in [0.1, 0.15) is 30.4 Å². The smallest absolute Gasteiger partial charge is 0.0495 e. The molecule has 1 fully saturated rings. The van der Waals surface area contributed by atoms with Crippen LogP contribution >= 0.6 is 0 Å². The van der Waals surface area contributed by atoms with Gasteiger partial charge in [0, 0.05) is 19.3 Å². The molecule has 2 heteroatoms. The Balaban J connectivity index is 1.35. The van der Waals surface area contributed by atoms with E-state index in [1.54, 1.807) is 11.1 Å². The second-order valence-corrected chi connectivity index (χ2v) is 5.70. The zero-order chi connectivity index (χ0) is 12.2. The number of rotatable bonds is 5. The van der Waals surface area contributed by atoms with Gasteiger partial charge >= 0.3 is 0 Å². The molecule has 1 saturated heterocycles. The molecule has 1 N–H and O–H groups in total. The molecule has 1 aromatic rings. The van der Waals surface area contributed by atoms with Crippen molar-refractivity contribution < 1.29 is 4.74 Å². The Kier molecular flexibility index (Phi) is 3.96. The third-order valence-electron chi connectivity index (χ3n) is 4.30. The summed E-state index contributed by atoms with van der Waals surface area (Å²) in [7, 11) is 0. The number of nitrogens with one attached hydrogen (secondary N) is 1. The number of ether oxygens (including phenoxy) is 1. The minimum Gasteiger partial charge on any atom is -0.381 e. The predicted octanol–water partition coefficient (Wildman–Crippen LogP) is 2.56. The van der Waals surface area contributed by atoms with Crippen LogP contribution in [0.25, 0.3) is 0 Å². The Labute approximate surface area is 110 Å². The van der Waals surface area contributed by atoms with Crippen molar-refractivity contribution in [1.82, 2.24) is 5.32 Å². The minimum atomic E-state index is 0.669. The highest BCUT2D eigenvalue weighted by molar-refractivity contribution is 5.33. The van der Waals surface area contributed by atoms with Crippen LogP contribution < -0.4 is 5.32 Å². The van der Waals surface area contributed by atoms with Crippen LogP contribution in [0.2, 0.25) is 0 Å². The number of hydrogen-bond donors (Lipinski definition) is 1. The van der Waals surface area contributed by atoms with E-state index < -0.39 is 0 Å². The molecule has 1 aliphatic heterocycles. The van der Waals surface area contributed by atoms with Gasteiger partial charge in [0.25, 0.3) is 0 Å². The molecule has 2 nitrogen and oxygen atoms in total. The average molecular weight is 245 g/mol. The summed E-state index contributed by atoms with van der Waals surface area (Å²) in [6, 6.07) is 9.52. The lowest BCUT2D eigenvalue weighted by Gasteiger charge is -2.13. The first-order valence-corrected chi connectivity index (χ1v) is 7.30. The van der Waals surface area contributed by atoms with Crippen molar-refractivity contribution in [1.29, 1.82) is 0 Å². The monoisotopic (exact) mass is 245 g/mol. The van der Waals surface area contributed by atoms with Crippen molar-refractivity contribution in [3.05, 3.63) is 35.4 Å². The third kappa shape index (κ3) is 2.93. The van der Waals surface area contributed by atoms with E-state index in [0.717, 1.165) is 25.7 Å². The summed E-state index contributed by atoms with van der Waals surface area (Å²) >= 11 is 0. The minimum absolute atomic E-state index is 0.669. The average Bonchev–Trinajstić information content (AvgIpc) is 3.03. The zero-order valence-corrected chi connectivity index (χ0v) is 11.0. The molecule has 1 atom stereocenters. The molecule has 0 amide bonds. The molecule has 0 saturated carbocycles. The highest BCUT2D eigenvalue weighted by Crippen LogP contribution is 2.22. The highest BCUT2D eigenvalue weighted by atomic mass is 16.5. The highest BCUT2D eigenvalue weighted by Gasteiger charge is 2.20. The van der Waals surface area contributed by atoms with Crippen LogP contribution in [0.3, 0.4) is 0 Å². The van der Waals surface area contributed by atoms with Gasteiger partial charge in [-0.15, -0.1) is 0 Å².